The Hall–Kier alpha value is -3.41. The largest absolute Gasteiger partial charge is 0.355 e. The molecule has 0 aliphatic heterocycles. The third-order valence-corrected chi connectivity index (χ3v) is 4.31. The van der Waals surface area contributed by atoms with Gasteiger partial charge < -0.3 is 15.2 Å². The third-order valence-electron chi connectivity index (χ3n) is 4.31. The van der Waals surface area contributed by atoms with Crippen LogP contribution in [0.1, 0.15) is 21.7 Å². The van der Waals surface area contributed by atoms with Gasteiger partial charge in [-0.3, -0.25) is 9.59 Å². The minimum atomic E-state index is -0.160. The van der Waals surface area contributed by atoms with Gasteiger partial charge in [0, 0.05) is 31.8 Å². The van der Waals surface area contributed by atoms with Crippen molar-refractivity contribution in [3.05, 3.63) is 71.6 Å². The number of hydrogen-bond donors (Lipinski definition) is 2. The fourth-order valence-corrected chi connectivity index (χ4v) is 2.89. The topological polar surface area (TPSA) is 76.0 Å². The first kappa shape index (κ1) is 18.4. The Morgan fingerprint density at radius 2 is 1.85 bits per heavy atom. The number of carbonyl (C=O) groups is 2. The highest BCUT2D eigenvalue weighted by Gasteiger charge is 2.06. The standard InChI is InChI=1S/C21H22N4O2/c1-15-24-18-5-3-4-6-19(18)25(15)14-13-23-20(26)12-9-16-7-10-17(11-8-16)21(27)22-2/h3-12H,13-14H2,1-2H3,(H,22,27)(H,23,26)/b12-9+. The molecule has 0 fully saturated rings. The summed E-state index contributed by atoms with van der Waals surface area (Å²) < 4.78 is 2.09. The first-order valence-corrected chi connectivity index (χ1v) is 8.78. The first-order chi connectivity index (χ1) is 13.1. The molecule has 0 bridgehead atoms. The summed E-state index contributed by atoms with van der Waals surface area (Å²) >= 11 is 0. The number of carbonyl (C=O) groups excluding carboxylic acids is 2. The zero-order valence-corrected chi connectivity index (χ0v) is 15.4. The third kappa shape index (κ3) is 4.41. The number of benzene rings is 2. The number of fused-ring (bicyclic) bond motifs is 1. The van der Waals surface area contributed by atoms with Gasteiger partial charge in [-0.1, -0.05) is 24.3 Å². The first-order valence-electron chi connectivity index (χ1n) is 8.78. The van der Waals surface area contributed by atoms with Crippen LogP contribution in [0, 0.1) is 6.92 Å². The van der Waals surface area contributed by atoms with Crippen molar-refractivity contribution in [2.75, 3.05) is 13.6 Å². The Bertz CT molecular complexity index is 987. The second-order valence-corrected chi connectivity index (χ2v) is 6.12. The normalized spacial score (nSPS) is 11.0. The maximum atomic E-state index is 12.0. The predicted molar refractivity (Wildman–Crippen MR) is 106 cm³/mol. The molecule has 0 unspecified atom stereocenters. The van der Waals surface area contributed by atoms with Crippen LogP contribution in [-0.2, 0) is 11.3 Å². The molecule has 2 amide bonds. The van der Waals surface area contributed by atoms with Crippen LogP contribution in [-0.4, -0.2) is 35.0 Å². The monoisotopic (exact) mass is 362 g/mol. The van der Waals surface area contributed by atoms with Crippen LogP contribution in [0.4, 0.5) is 0 Å². The molecule has 27 heavy (non-hydrogen) atoms. The van der Waals surface area contributed by atoms with Crippen molar-refractivity contribution < 1.29 is 9.59 Å². The molecule has 0 aliphatic carbocycles. The number of rotatable bonds is 6. The molecular formula is C21H22N4O2. The fraction of sp³-hybridized carbons (Fsp3) is 0.190. The Balaban J connectivity index is 1.54. The minimum absolute atomic E-state index is 0.134. The van der Waals surface area contributed by atoms with E-state index >= 15 is 0 Å². The fourth-order valence-electron chi connectivity index (χ4n) is 2.89. The molecule has 0 aliphatic rings. The van der Waals surface area contributed by atoms with Gasteiger partial charge in [0.25, 0.3) is 5.91 Å². The molecule has 3 rings (SSSR count). The van der Waals surface area contributed by atoms with Crippen molar-refractivity contribution in [1.29, 1.82) is 0 Å². The van der Waals surface area contributed by atoms with E-state index in [4.69, 9.17) is 0 Å². The number of nitrogens with one attached hydrogen (secondary N) is 2. The van der Waals surface area contributed by atoms with E-state index < -0.39 is 0 Å². The minimum Gasteiger partial charge on any atom is -0.355 e. The molecule has 0 saturated heterocycles. The highest BCUT2D eigenvalue weighted by atomic mass is 16.2. The Morgan fingerprint density at radius 1 is 1.11 bits per heavy atom. The number of para-hydroxylation sites is 2. The van der Waals surface area contributed by atoms with Gasteiger partial charge >= 0.3 is 0 Å². The van der Waals surface area contributed by atoms with Crippen molar-refractivity contribution >= 4 is 28.9 Å². The quantitative estimate of drug-likeness (QED) is 0.662. The van der Waals surface area contributed by atoms with E-state index in [1.165, 1.54) is 6.08 Å². The lowest BCUT2D eigenvalue weighted by Crippen LogP contribution is -2.25. The van der Waals surface area contributed by atoms with Gasteiger partial charge in [-0.2, -0.15) is 0 Å². The summed E-state index contributed by atoms with van der Waals surface area (Å²) in [6, 6.07) is 15.0. The van der Waals surface area contributed by atoms with E-state index in [2.05, 4.69) is 20.2 Å². The van der Waals surface area contributed by atoms with Crippen molar-refractivity contribution in [2.24, 2.45) is 0 Å². The number of aromatic nitrogens is 2. The van der Waals surface area contributed by atoms with Crippen LogP contribution in [0.3, 0.4) is 0 Å². The van der Waals surface area contributed by atoms with Crippen LogP contribution in [0.25, 0.3) is 17.1 Å². The summed E-state index contributed by atoms with van der Waals surface area (Å²) in [5.74, 6) is 0.634. The number of hydrogen-bond acceptors (Lipinski definition) is 3. The number of aryl methyl sites for hydroxylation is 1. The molecule has 1 heterocycles. The average Bonchev–Trinajstić information content (AvgIpc) is 3.01. The van der Waals surface area contributed by atoms with Gasteiger partial charge in [0.1, 0.15) is 5.82 Å². The van der Waals surface area contributed by atoms with Crippen LogP contribution >= 0.6 is 0 Å². The lowest BCUT2D eigenvalue weighted by atomic mass is 10.1. The summed E-state index contributed by atoms with van der Waals surface area (Å²) in [4.78, 5) is 28.1. The summed E-state index contributed by atoms with van der Waals surface area (Å²) in [6.07, 6.45) is 3.22. The van der Waals surface area contributed by atoms with Gasteiger partial charge in [-0.05, 0) is 42.8 Å². The highest BCUT2D eigenvalue weighted by molar-refractivity contribution is 5.94. The van der Waals surface area contributed by atoms with Crippen molar-refractivity contribution in [3.8, 4) is 0 Å². The van der Waals surface area contributed by atoms with E-state index in [1.54, 1.807) is 37.4 Å². The van der Waals surface area contributed by atoms with Crippen molar-refractivity contribution in [2.45, 2.75) is 13.5 Å². The Morgan fingerprint density at radius 3 is 2.59 bits per heavy atom. The SMILES string of the molecule is CNC(=O)c1ccc(/C=C/C(=O)NCCn2c(C)nc3ccccc32)cc1. The van der Waals surface area contributed by atoms with E-state index in [0.717, 1.165) is 22.4 Å². The molecule has 0 radical (unpaired) electrons. The predicted octanol–water partition coefficient (Wildman–Crippen LogP) is 2.53. The second-order valence-electron chi connectivity index (χ2n) is 6.12. The molecular weight excluding hydrogens is 340 g/mol. The van der Waals surface area contributed by atoms with Crippen molar-refractivity contribution in [3.63, 3.8) is 0 Å². The molecule has 6 nitrogen and oxygen atoms in total. The summed E-state index contributed by atoms with van der Waals surface area (Å²) in [5.41, 5.74) is 3.47. The van der Waals surface area contributed by atoms with E-state index in [-0.39, 0.29) is 11.8 Å². The molecule has 2 aromatic carbocycles. The highest BCUT2D eigenvalue weighted by Crippen LogP contribution is 2.14. The van der Waals surface area contributed by atoms with Crippen LogP contribution in [0.2, 0.25) is 0 Å². The van der Waals surface area contributed by atoms with Crippen LogP contribution in [0.5, 0.6) is 0 Å². The van der Waals surface area contributed by atoms with E-state index in [1.807, 2.05) is 31.2 Å². The zero-order valence-electron chi connectivity index (χ0n) is 15.4. The second kappa shape index (κ2) is 8.31. The summed E-state index contributed by atoms with van der Waals surface area (Å²) in [7, 11) is 1.59. The van der Waals surface area contributed by atoms with E-state index in [0.29, 0.717) is 18.7 Å². The van der Waals surface area contributed by atoms with Gasteiger partial charge in [0.2, 0.25) is 5.91 Å². The molecule has 0 atom stereocenters. The number of nitrogens with zero attached hydrogens (tertiary/aromatic N) is 2. The van der Waals surface area contributed by atoms with Gasteiger partial charge in [0.05, 0.1) is 11.0 Å². The molecule has 138 valence electrons. The molecule has 2 N–H and O–H groups in total. The molecule has 0 saturated carbocycles. The number of imidazole rings is 1. The van der Waals surface area contributed by atoms with Crippen molar-refractivity contribution in [1.82, 2.24) is 20.2 Å². The maximum Gasteiger partial charge on any atom is 0.251 e. The van der Waals surface area contributed by atoms with E-state index in [9.17, 15) is 9.59 Å². The molecule has 6 heteroatoms. The summed E-state index contributed by atoms with van der Waals surface area (Å²) in [6.45, 7) is 3.14. The molecule has 3 aromatic rings. The summed E-state index contributed by atoms with van der Waals surface area (Å²) in [5, 5.41) is 5.46. The lowest BCUT2D eigenvalue weighted by Gasteiger charge is -2.07. The van der Waals surface area contributed by atoms with Gasteiger partial charge in [0.15, 0.2) is 0 Å². The Kier molecular flexibility index (Phi) is 5.66. The van der Waals surface area contributed by atoms with Crippen LogP contribution < -0.4 is 10.6 Å². The van der Waals surface area contributed by atoms with Crippen LogP contribution in [0.15, 0.2) is 54.6 Å². The van der Waals surface area contributed by atoms with Gasteiger partial charge in [-0.25, -0.2) is 4.98 Å². The average molecular weight is 362 g/mol. The van der Waals surface area contributed by atoms with Gasteiger partial charge in [-0.15, -0.1) is 0 Å². The zero-order chi connectivity index (χ0) is 19.2. The molecule has 0 spiro atoms. The lowest BCUT2D eigenvalue weighted by molar-refractivity contribution is -0.116. The maximum absolute atomic E-state index is 12.0. The number of amides is 2. The molecule has 1 aromatic heterocycles. The Labute approximate surface area is 157 Å². The smallest absolute Gasteiger partial charge is 0.251 e.